The summed E-state index contributed by atoms with van der Waals surface area (Å²) in [6.45, 7) is 2.66. The van der Waals surface area contributed by atoms with Gasteiger partial charge in [-0.2, -0.15) is 0 Å². The predicted molar refractivity (Wildman–Crippen MR) is 75.9 cm³/mol. The molecule has 3 heteroatoms. The monoisotopic (exact) mass is 244 g/mol. The first-order chi connectivity index (χ1) is 8.72. The van der Waals surface area contributed by atoms with E-state index in [-0.39, 0.29) is 0 Å². The highest BCUT2D eigenvalue weighted by molar-refractivity contribution is 5.87. The van der Waals surface area contributed by atoms with Gasteiger partial charge < -0.3 is 15.3 Å². The fourth-order valence-corrected chi connectivity index (χ4v) is 2.14. The number of rotatable bonds is 5. The molecule has 3 nitrogen and oxygen atoms in total. The molecular weight excluding hydrogens is 224 g/mol. The van der Waals surface area contributed by atoms with Crippen LogP contribution in [-0.4, -0.2) is 37.2 Å². The largest absolute Gasteiger partial charge is 0.508 e. The second-order valence-electron chi connectivity index (χ2n) is 4.63. The van der Waals surface area contributed by atoms with Crippen LogP contribution in [0.1, 0.15) is 5.56 Å². The van der Waals surface area contributed by atoms with Gasteiger partial charge in [-0.3, -0.25) is 0 Å². The molecule has 0 spiro atoms. The number of aromatic hydroxyl groups is 1. The first-order valence-electron chi connectivity index (χ1n) is 6.25. The molecule has 18 heavy (non-hydrogen) atoms. The average molecular weight is 244 g/mol. The van der Waals surface area contributed by atoms with E-state index in [1.54, 1.807) is 6.07 Å². The summed E-state index contributed by atoms with van der Waals surface area (Å²) in [5.41, 5.74) is 1.01. The van der Waals surface area contributed by atoms with E-state index in [2.05, 4.69) is 29.4 Å². The van der Waals surface area contributed by atoms with E-state index < -0.39 is 0 Å². The maximum atomic E-state index is 10.0. The molecule has 0 fully saturated rings. The van der Waals surface area contributed by atoms with Crippen molar-refractivity contribution >= 4 is 10.8 Å². The first-order valence-corrected chi connectivity index (χ1v) is 6.25. The Labute approximate surface area is 108 Å². The maximum absolute atomic E-state index is 10.0. The van der Waals surface area contributed by atoms with Gasteiger partial charge >= 0.3 is 0 Å². The van der Waals surface area contributed by atoms with Crippen molar-refractivity contribution in [2.45, 2.75) is 6.54 Å². The van der Waals surface area contributed by atoms with E-state index in [0.29, 0.717) is 5.75 Å². The van der Waals surface area contributed by atoms with Crippen LogP contribution < -0.4 is 5.32 Å². The Morgan fingerprint density at radius 3 is 2.72 bits per heavy atom. The number of benzene rings is 2. The van der Waals surface area contributed by atoms with Crippen LogP contribution in [0.2, 0.25) is 0 Å². The van der Waals surface area contributed by atoms with E-state index >= 15 is 0 Å². The molecule has 0 unspecified atom stereocenters. The molecule has 96 valence electrons. The SMILES string of the molecule is CNCCN(C)Cc1c(O)ccc2ccccc12. The molecule has 0 aliphatic heterocycles. The molecule has 0 aromatic heterocycles. The van der Waals surface area contributed by atoms with E-state index in [4.69, 9.17) is 0 Å². The van der Waals surface area contributed by atoms with Crippen molar-refractivity contribution in [3.63, 3.8) is 0 Å². The summed E-state index contributed by atoms with van der Waals surface area (Å²) in [7, 11) is 4.02. The lowest BCUT2D eigenvalue weighted by Crippen LogP contribution is -2.27. The summed E-state index contributed by atoms with van der Waals surface area (Å²) < 4.78 is 0. The smallest absolute Gasteiger partial charge is 0.120 e. The first kappa shape index (κ1) is 12.9. The van der Waals surface area contributed by atoms with Crippen molar-refractivity contribution in [2.24, 2.45) is 0 Å². The third-order valence-corrected chi connectivity index (χ3v) is 3.19. The number of phenols is 1. The van der Waals surface area contributed by atoms with E-state index in [9.17, 15) is 5.11 Å². The lowest BCUT2D eigenvalue weighted by atomic mass is 10.0. The lowest BCUT2D eigenvalue weighted by molar-refractivity contribution is 0.323. The van der Waals surface area contributed by atoms with E-state index in [0.717, 1.165) is 30.6 Å². The highest BCUT2D eigenvalue weighted by Gasteiger charge is 2.09. The topological polar surface area (TPSA) is 35.5 Å². The zero-order valence-electron chi connectivity index (χ0n) is 11.0. The molecule has 0 aliphatic rings. The van der Waals surface area contributed by atoms with Gasteiger partial charge in [-0.15, -0.1) is 0 Å². The Morgan fingerprint density at radius 2 is 1.94 bits per heavy atom. The second-order valence-corrected chi connectivity index (χ2v) is 4.63. The molecule has 0 heterocycles. The fraction of sp³-hybridized carbons (Fsp3) is 0.333. The van der Waals surface area contributed by atoms with Gasteiger partial charge in [0.05, 0.1) is 0 Å². The van der Waals surface area contributed by atoms with Crippen molar-refractivity contribution in [1.82, 2.24) is 10.2 Å². The molecular formula is C15H20N2O. The van der Waals surface area contributed by atoms with Crippen LogP contribution in [0.25, 0.3) is 10.8 Å². The molecule has 0 bridgehead atoms. The van der Waals surface area contributed by atoms with Crippen LogP contribution in [0.4, 0.5) is 0 Å². The molecule has 2 rings (SSSR count). The number of hydrogen-bond donors (Lipinski definition) is 2. The Balaban J connectivity index is 2.28. The van der Waals surface area contributed by atoms with E-state index in [1.807, 2.05) is 25.2 Å². The molecule has 0 amide bonds. The number of hydrogen-bond acceptors (Lipinski definition) is 3. The lowest BCUT2D eigenvalue weighted by Gasteiger charge is -2.18. The number of phenolic OH excluding ortho intramolecular Hbond substituents is 1. The molecule has 0 saturated heterocycles. The third-order valence-electron chi connectivity index (χ3n) is 3.19. The minimum atomic E-state index is 0.380. The zero-order chi connectivity index (χ0) is 13.0. The van der Waals surface area contributed by atoms with Crippen LogP contribution in [0.3, 0.4) is 0 Å². The van der Waals surface area contributed by atoms with Gasteiger partial charge in [0.2, 0.25) is 0 Å². The van der Waals surface area contributed by atoms with Gasteiger partial charge in [-0.25, -0.2) is 0 Å². The van der Waals surface area contributed by atoms with Crippen molar-refractivity contribution in [3.05, 3.63) is 42.0 Å². The zero-order valence-corrected chi connectivity index (χ0v) is 11.0. The van der Waals surface area contributed by atoms with Gasteiger partial charge in [0.1, 0.15) is 5.75 Å². The van der Waals surface area contributed by atoms with Crippen LogP contribution in [0.15, 0.2) is 36.4 Å². The summed E-state index contributed by atoms with van der Waals surface area (Å²) in [4.78, 5) is 2.21. The minimum absolute atomic E-state index is 0.380. The molecule has 0 radical (unpaired) electrons. The van der Waals surface area contributed by atoms with Crippen LogP contribution in [-0.2, 0) is 6.54 Å². The Morgan fingerprint density at radius 1 is 1.17 bits per heavy atom. The molecule has 0 aliphatic carbocycles. The normalized spacial score (nSPS) is 11.3. The number of nitrogens with zero attached hydrogens (tertiary/aromatic N) is 1. The van der Waals surface area contributed by atoms with Crippen molar-refractivity contribution in [3.8, 4) is 5.75 Å². The highest BCUT2D eigenvalue weighted by atomic mass is 16.3. The highest BCUT2D eigenvalue weighted by Crippen LogP contribution is 2.27. The van der Waals surface area contributed by atoms with Gasteiger partial charge in [0.15, 0.2) is 0 Å². The van der Waals surface area contributed by atoms with Crippen LogP contribution in [0, 0.1) is 0 Å². The summed E-state index contributed by atoms with van der Waals surface area (Å²) in [6, 6.07) is 11.9. The number of likely N-dealkylation sites (N-methyl/N-ethyl adjacent to an activating group) is 2. The number of fused-ring (bicyclic) bond motifs is 1. The summed E-state index contributed by atoms with van der Waals surface area (Å²) in [5, 5.41) is 15.5. The molecule has 0 saturated carbocycles. The Kier molecular flexibility index (Phi) is 4.18. The minimum Gasteiger partial charge on any atom is -0.508 e. The molecule has 2 aromatic carbocycles. The van der Waals surface area contributed by atoms with Crippen LogP contribution >= 0.6 is 0 Å². The molecule has 2 aromatic rings. The van der Waals surface area contributed by atoms with Gasteiger partial charge in [-0.05, 0) is 30.9 Å². The quantitative estimate of drug-likeness (QED) is 0.846. The average Bonchev–Trinajstić information content (AvgIpc) is 2.40. The molecule has 2 N–H and O–H groups in total. The maximum Gasteiger partial charge on any atom is 0.120 e. The predicted octanol–water partition coefficient (Wildman–Crippen LogP) is 2.20. The number of nitrogens with one attached hydrogen (secondary N) is 1. The summed E-state index contributed by atoms with van der Waals surface area (Å²) in [5.74, 6) is 0.380. The van der Waals surface area contributed by atoms with E-state index in [1.165, 1.54) is 5.39 Å². The Hall–Kier alpha value is -1.58. The van der Waals surface area contributed by atoms with Gasteiger partial charge in [0, 0.05) is 25.2 Å². The summed E-state index contributed by atoms with van der Waals surface area (Å²) >= 11 is 0. The van der Waals surface area contributed by atoms with Crippen molar-refractivity contribution in [1.29, 1.82) is 0 Å². The standard InChI is InChI=1S/C15H20N2O/c1-16-9-10-17(2)11-14-13-6-4-3-5-12(13)7-8-15(14)18/h3-8,16,18H,9-11H2,1-2H3. The molecule has 0 atom stereocenters. The Bertz CT molecular complexity index is 525. The van der Waals surface area contributed by atoms with Gasteiger partial charge in [0.25, 0.3) is 0 Å². The van der Waals surface area contributed by atoms with Crippen molar-refractivity contribution < 1.29 is 5.11 Å². The summed E-state index contributed by atoms with van der Waals surface area (Å²) in [6.07, 6.45) is 0. The van der Waals surface area contributed by atoms with Crippen molar-refractivity contribution in [2.75, 3.05) is 27.2 Å². The van der Waals surface area contributed by atoms with Crippen LogP contribution in [0.5, 0.6) is 5.75 Å². The third kappa shape index (κ3) is 2.81. The second kappa shape index (κ2) is 5.85. The fourth-order valence-electron chi connectivity index (χ4n) is 2.14. The van der Waals surface area contributed by atoms with Gasteiger partial charge in [-0.1, -0.05) is 30.3 Å².